The quantitative estimate of drug-likeness (QED) is 0.884. The normalized spacial score (nSPS) is 20.9. The Kier molecular flexibility index (Phi) is 5.35. The van der Waals surface area contributed by atoms with E-state index < -0.39 is 0 Å². The first kappa shape index (κ1) is 13.7. The number of rotatable bonds is 5. The molecule has 1 aliphatic rings. The van der Waals surface area contributed by atoms with Gasteiger partial charge in [-0.15, -0.1) is 0 Å². The van der Waals surface area contributed by atoms with E-state index in [0.29, 0.717) is 12.6 Å². The molecule has 1 fully saturated rings. The van der Waals surface area contributed by atoms with Crippen LogP contribution in [0, 0.1) is 0 Å². The second kappa shape index (κ2) is 7.02. The summed E-state index contributed by atoms with van der Waals surface area (Å²) in [6.07, 6.45) is 0. The molecule has 100 valence electrons. The predicted octanol–water partition coefficient (Wildman–Crippen LogP) is 1.96. The van der Waals surface area contributed by atoms with E-state index in [9.17, 15) is 0 Å². The molecule has 1 saturated heterocycles. The molecule has 0 saturated carbocycles. The van der Waals surface area contributed by atoms with Gasteiger partial charge in [-0.25, -0.2) is 0 Å². The summed E-state index contributed by atoms with van der Waals surface area (Å²) in [6.45, 7) is 5.74. The van der Waals surface area contributed by atoms with E-state index in [0.717, 1.165) is 24.5 Å². The van der Waals surface area contributed by atoms with E-state index in [-0.39, 0.29) is 0 Å². The minimum atomic E-state index is 0.535. The van der Waals surface area contributed by atoms with Crippen LogP contribution >= 0.6 is 11.8 Å². The lowest BCUT2D eigenvalue weighted by atomic mass is 10.2. The first-order valence-corrected chi connectivity index (χ1v) is 7.69. The maximum atomic E-state index is 5.85. The molecule has 1 atom stereocenters. The van der Waals surface area contributed by atoms with E-state index in [1.807, 2.05) is 36.0 Å². The zero-order valence-corrected chi connectivity index (χ0v) is 11.8. The molecule has 0 aliphatic carbocycles. The van der Waals surface area contributed by atoms with Crippen molar-refractivity contribution in [3.8, 4) is 5.75 Å². The van der Waals surface area contributed by atoms with Crippen LogP contribution in [0.3, 0.4) is 0 Å². The van der Waals surface area contributed by atoms with Gasteiger partial charge in [-0.1, -0.05) is 18.2 Å². The Morgan fingerprint density at radius 1 is 1.44 bits per heavy atom. The van der Waals surface area contributed by atoms with Gasteiger partial charge in [0.15, 0.2) is 0 Å². The van der Waals surface area contributed by atoms with E-state index in [1.165, 1.54) is 18.1 Å². The van der Waals surface area contributed by atoms with Crippen molar-refractivity contribution in [2.45, 2.75) is 19.5 Å². The topological polar surface area (TPSA) is 38.5 Å². The molecule has 2 N–H and O–H groups in total. The third kappa shape index (κ3) is 3.64. The molecule has 0 aromatic heterocycles. The summed E-state index contributed by atoms with van der Waals surface area (Å²) in [5, 5.41) is 0. The maximum absolute atomic E-state index is 5.85. The summed E-state index contributed by atoms with van der Waals surface area (Å²) in [6, 6.07) is 8.68. The predicted molar refractivity (Wildman–Crippen MR) is 78.2 cm³/mol. The molecule has 0 amide bonds. The second-order valence-electron chi connectivity index (χ2n) is 4.62. The molecule has 1 aromatic rings. The minimum absolute atomic E-state index is 0.535. The Bertz CT molecular complexity index is 373. The first-order chi connectivity index (χ1) is 8.81. The van der Waals surface area contributed by atoms with Crippen LogP contribution in [0.4, 0.5) is 0 Å². The number of hydrogen-bond donors (Lipinski definition) is 1. The van der Waals surface area contributed by atoms with Crippen molar-refractivity contribution in [1.29, 1.82) is 0 Å². The Morgan fingerprint density at radius 3 is 3.06 bits per heavy atom. The van der Waals surface area contributed by atoms with Gasteiger partial charge < -0.3 is 10.5 Å². The number of thioether (sulfide) groups is 1. The third-order valence-corrected chi connectivity index (χ3v) is 4.52. The number of para-hydroxylation sites is 1. The summed E-state index contributed by atoms with van der Waals surface area (Å²) < 4.78 is 5.85. The lowest BCUT2D eigenvalue weighted by molar-refractivity contribution is 0.182. The molecule has 0 radical (unpaired) electrons. The van der Waals surface area contributed by atoms with Gasteiger partial charge in [0.25, 0.3) is 0 Å². The van der Waals surface area contributed by atoms with Crippen LogP contribution in [-0.4, -0.2) is 42.1 Å². The van der Waals surface area contributed by atoms with Gasteiger partial charge in [-0.3, -0.25) is 4.90 Å². The highest BCUT2D eigenvalue weighted by atomic mass is 32.2. The number of nitrogens with zero attached hydrogens (tertiary/aromatic N) is 1. The van der Waals surface area contributed by atoms with Crippen molar-refractivity contribution in [3.63, 3.8) is 0 Å². The van der Waals surface area contributed by atoms with Crippen LogP contribution in [0.5, 0.6) is 5.75 Å². The number of nitrogens with two attached hydrogens (primary N) is 1. The van der Waals surface area contributed by atoms with E-state index in [1.54, 1.807) is 0 Å². The Morgan fingerprint density at radius 2 is 2.28 bits per heavy atom. The molecule has 0 bridgehead atoms. The van der Waals surface area contributed by atoms with Crippen LogP contribution in [0.15, 0.2) is 24.3 Å². The van der Waals surface area contributed by atoms with Gasteiger partial charge in [0.1, 0.15) is 12.4 Å². The lowest BCUT2D eigenvalue weighted by Crippen LogP contribution is -2.42. The minimum Gasteiger partial charge on any atom is -0.492 e. The highest BCUT2D eigenvalue weighted by molar-refractivity contribution is 7.99. The maximum Gasteiger partial charge on any atom is 0.123 e. The van der Waals surface area contributed by atoms with Crippen LogP contribution < -0.4 is 10.5 Å². The summed E-state index contributed by atoms with van der Waals surface area (Å²) >= 11 is 2.04. The van der Waals surface area contributed by atoms with E-state index in [2.05, 4.69) is 11.8 Å². The van der Waals surface area contributed by atoms with Crippen molar-refractivity contribution in [2.75, 3.05) is 31.2 Å². The van der Waals surface area contributed by atoms with Crippen molar-refractivity contribution in [1.82, 2.24) is 4.90 Å². The summed E-state index contributed by atoms with van der Waals surface area (Å²) in [4.78, 5) is 2.50. The highest BCUT2D eigenvalue weighted by Crippen LogP contribution is 2.18. The zero-order valence-electron chi connectivity index (χ0n) is 11.0. The van der Waals surface area contributed by atoms with Crippen molar-refractivity contribution in [3.05, 3.63) is 29.8 Å². The molecule has 1 unspecified atom stereocenters. The standard InChI is InChI=1S/C14H22N2OS/c1-12-11-18-9-7-16(12)6-8-17-14-5-3-2-4-13(14)10-15/h2-5,12H,6-11,15H2,1H3. The van der Waals surface area contributed by atoms with Gasteiger partial charge >= 0.3 is 0 Å². The van der Waals surface area contributed by atoms with E-state index >= 15 is 0 Å². The molecule has 1 aromatic carbocycles. The third-order valence-electron chi connectivity index (χ3n) is 3.33. The molecule has 0 spiro atoms. The Labute approximate surface area is 114 Å². The van der Waals surface area contributed by atoms with Gasteiger partial charge in [-0.05, 0) is 13.0 Å². The van der Waals surface area contributed by atoms with Crippen LogP contribution in [0.1, 0.15) is 12.5 Å². The molecular weight excluding hydrogens is 244 g/mol. The van der Waals surface area contributed by atoms with Gasteiger partial charge in [-0.2, -0.15) is 11.8 Å². The number of hydrogen-bond acceptors (Lipinski definition) is 4. The fraction of sp³-hybridized carbons (Fsp3) is 0.571. The Balaban J connectivity index is 1.80. The second-order valence-corrected chi connectivity index (χ2v) is 5.77. The molecule has 1 heterocycles. The average Bonchev–Trinajstić information content (AvgIpc) is 2.41. The van der Waals surface area contributed by atoms with Crippen LogP contribution in [0.25, 0.3) is 0 Å². The molecule has 4 heteroatoms. The average molecular weight is 266 g/mol. The highest BCUT2D eigenvalue weighted by Gasteiger charge is 2.17. The van der Waals surface area contributed by atoms with Crippen molar-refractivity contribution >= 4 is 11.8 Å². The van der Waals surface area contributed by atoms with E-state index in [4.69, 9.17) is 10.5 Å². The molecule has 3 nitrogen and oxygen atoms in total. The first-order valence-electron chi connectivity index (χ1n) is 6.54. The monoisotopic (exact) mass is 266 g/mol. The molecule has 2 rings (SSSR count). The number of benzene rings is 1. The van der Waals surface area contributed by atoms with Gasteiger partial charge in [0.05, 0.1) is 0 Å². The van der Waals surface area contributed by atoms with Crippen molar-refractivity contribution in [2.24, 2.45) is 5.73 Å². The SMILES string of the molecule is CC1CSCCN1CCOc1ccccc1CN. The smallest absolute Gasteiger partial charge is 0.123 e. The van der Waals surface area contributed by atoms with Crippen LogP contribution in [-0.2, 0) is 6.54 Å². The fourth-order valence-corrected chi connectivity index (χ4v) is 3.26. The molecular formula is C14H22N2OS. The largest absolute Gasteiger partial charge is 0.492 e. The number of ether oxygens (including phenoxy) is 1. The summed E-state index contributed by atoms with van der Waals surface area (Å²) in [5.41, 5.74) is 6.78. The zero-order chi connectivity index (χ0) is 12.8. The van der Waals surface area contributed by atoms with Crippen LogP contribution in [0.2, 0.25) is 0 Å². The van der Waals surface area contributed by atoms with Gasteiger partial charge in [0, 0.05) is 42.7 Å². The summed E-state index contributed by atoms with van der Waals surface area (Å²) in [5.74, 6) is 3.40. The van der Waals surface area contributed by atoms with Crippen molar-refractivity contribution < 1.29 is 4.74 Å². The van der Waals surface area contributed by atoms with Gasteiger partial charge in [0.2, 0.25) is 0 Å². The fourth-order valence-electron chi connectivity index (χ4n) is 2.18. The molecule has 18 heavy (non-hydrogen) atoms. The lowest BCUT2D eigenvalue weighted by Gasteiger charge is -2.32. The molecule has 1 aliphatic heterocycles. The Hall–Kier alpha value is -0.710. The summed E-state index contributed by atoms with van der Waals surface area (Å²) in [7, 11) is 0.